The summed E-state index contributed by atoms with van der Waals surface area (Å²) in [5, 5.41) is 56.9. The van der Waals surface area contributed by atoms with Crippen molar-refractivity contribution < 1.29 is 45.0 Å². The zero-order valence-electron chi connectivity index (χ0n) is 18.3. The van der Waals surface area contributed by atoms with Gasteiger partial charge in [0, 0.05) is 0 Å². The van der Waals surface area contributed by atoms with E-state index in [0.717, 1.165) is 6.42 Å². The van der Waals surface area contributed by atoms with Crippen molar-refractivity contribution in [1.82, 2.24) is 20.2 Å². The maximum absolute atomic E-state index is 10.2. The van der Waals surface area contributed by atoms with E-state index in [1.807, 2.05) is 13.8 Å². The van der Waals surface area contributed by atoms with Gasteiger partial charge in [-0.3, -0.25) is 19.5 Å². The summed E-state index contributed by atoms with van der Waals surface area (Å²) in [5.74, 6) is -3.27. The third-order valence-corrected chi connectivity index (χ3v) is 3.80. The number of carbonyl (C=O) groups is 3. The highest BCUT2D eigenvalue weighted by atomic mass is 16.4. The van der Waals surface area contributed by atoms with Crippen LogP contribution in [0.1, 0.15) is 27.2 Å². The number of aliphatic carboxylic acids is 3. The molecule has 0 aliphatic carbocycles. The Bertz CT molecular complexity index is 876. The number of aromatic amines is 1. The number of carboxylic acid groups (broad SMARTS) is 3. The molecule has 2 aromatic heterocycles. The summed E-state index contributed by atoms with van der Waals surface area (Å²) in [7, 11) is 0. The summed E-state index contributed by atoms with van der Waals surface area (Å²) in [6, 6.07) is -2.33. The normalized spacial score (nSPS) is 13.4. The molecule has 2 heterocycles. The number of fused-ring (bicyclic) bond motifs is 1. The first-order chi connectivity index (χ1) is 15.2. The summed E-state index contributed by atoms with van der Waals surface area (Å²) in [6.07, 6.45) is 1.21. The number of nitrogens with one attached hydrogen (secondary N) is 1. The number of nitrogens with zero attached hydrogens (tertiary/aromatic N) is 3. The van der Waals surface area contributed by atoms with Crippen molar-refractivity contribution in [3.8, 4) is 11.9 Å². The Morgan fingerprint density at radius 3 is 1.82 bits per heavy atom. The van der Waals surface area contributed by atoms with Gasteiger partial charge >= 0.3 is 23.9 Å². The minimum absolute atomic E-state index is 0.0718. The van der Waals surface area contributed by atoms with Crippen LogP contribution in [0.15, 0.2) is 6.20 Å². The smallest absolute Gasteiger partial charge is 0.323 e. The fourth-order valence-electron chi connectivity index (χ4n) is 1.51. The second kappa shape index (κ2) is 16.1. The highest BCUT2D eigenvalue weighted by molar-refractivity contribution is 5.79. The predicted octanol–water partition coefficient (Wildman–Crippen LogP) is -1.98. The molecule has 4 atom stereocenters. The van der Waals surface area contributed by atoms with E-state index in [1.165, 1.54) is 13.1 Å². The summed E-state index contributed by atoms with van der Waals surface area (Å²) < 4.78 is 0. The van der Waals surface area contributed by atoms with Crippen LogP contribution in [-0.4, -0.2) is 93.4 Å². The number of aromatic nitrogens is 4. The lowest BCUT2D eigenvalue weighted by atomic mass is 10.0. The average Bonchev–Trinajstić information content (AvgIpc) is 3.21. The van der Waals surface area contributed by atoms with Crippen LogP contribution >= 0.6 is 0 Å². The van der Waals surface area contributed by atoms with Gasteiger partial charge in [-0.15, -0.1) is 0 Å². The van der Waals surface area contributed by atoms with Crippen molar-refractivity contribution in [3.05, 3.63) is 6.20 Å². The lowest BCUT2D eigenvalue weighted by Crippen LogP contribution is -2.39. The molecule has 0 aliphatic heterocycles. The van der Waals surface area contributed by atoms with Gasteiger partial charge in [0.2, 0.25) is 5.88 Å². The Hall–Kier alpha value is -3.60. The van der Waals surface area contributed by atoms with Gasteiger partial charge in [0.1, 0.15) is 17.5 Å². The molecule has 2 rings (SSSR count). The van der Waals surface area contributed by atoms with Gasteiger partial charge in [-0.25, -0.2) is 0 Å². The molecule has 0 spiro atoms. The molecule has 0 fully saturated rings. The number of H-pyrrole nitrogens is 1. The number of nitrogens with two attached hydrogens (primary N) is 3. The van der Waals surface area contributed by atoms with Crippen LogP contribution in [0.4, 0.5) is 0 Å². The van der Waals surface area contributed by atoms with E-state index in [9.17, 15) is 14.4 Å². The van der Waals surface area contributed by atoms with Crippen molar-refractivity contribution in [1.29, 1.82) is 0 Å². The number of hydrogen-bond donors (Lipinski definition) is 10. The molecule has 188 valence electrons. The fourth-order valence-corrected chi connectivity index (χ4v) is 1.51. The van der Waals surface area contributed by atoms with E-state index in [0.29, 0.717) is 11.0 Å². The van der Waals surface area contributed by atoms with Crippen LogP contribution < -0.4 is 17.2 Å². The molecule has 0 aliphatic rings. The fraction of sp³-hybridized carbons (Fsp3) is 0.529. The lowest BCUT2D eigenvalue weighted by molar-refractivity contribution is -0.141. The van der Waals surface area contributed by atoms with Gasteiger partial charge in [-0.1, -0.05) is 20.3 Å². The lowest BCUT2D eigenvalue weighted by Gasteiger charge is -2.11. The highest BCUT2D eigenvalue weighted by Gasteiger charge is 2.17. The molecule has 2 unspecified atom stereocenters. The number of aromatic hydroxyl groups is 2. The van der Waals surface area contributed by atoms with Crippen LogP contribution in [0.5, 0.6) is 11.9 Å². The minimum Gasteiger partial charge on any atom is -0.493 e. The number of aliphatic hydroxyl groups is 1. The molecule has 33 heavy (non-hydrogen) atoms. The maximum atomic E-state index is 10.2. The Balaban J connectivity index is 0. The van der Waals surface area contributed by atoms with Crippen molar-refractivity contribution in [2.45, 2.75) is 45.4 Å². The molecular formula is C17H31N7O9. The van der Waals surface area contributed by atoms with Crippen LogP contribution in [0.25, 0.3) is 11.0 Å². The molecule has 16 heteroatoms. The van der Waals surface area contributed by atoms with Crippen molar-refractivity contribution >= 4 is 28.9 Å². The van der Waals surface area contributed by atoms with Crippen molar-refractivity contribution in [2.24, 2.45) is 23.1 Å². The molecule has 16 nitrogen and oxygen atoms in total. The van der Waals surface area contributed by atoms with Gasteiger partial charge in [-0.05, 0) is 12.8 Å². The Morgan fingerprint density at radius 2 is 1.52 bits per heavy atom. The van der Waals surface area contributed by atoms with Gasteiger partial charge in [0.25, 0.3) is 0 Å². The topological polar surface area (TPSA) is 305 Å². The maximum Gasteiger partial charge on any atom is 0.323 e. The van der Waals surface area contributed by atoms with Crippen LogP contribution in [0.3, 0.4) is 0 Å². The average molecular weight is 477 g/mol. The molecule has 2 aromatic rings. The standard InChI is InChI=1S/C6H13NO2.C5H4N4O2.C4H9NO3.C2H5NO2/c1-3-4(2)5(7)6(8)9;10-4-2-1-6-9-3(2)7-5(11)8-4;1-2(6)3(5)4(7)8;3-1-2(4)5/h4-5H,3,7H2,1-2H3,(H,8,9);1H,(H3,6,7,8,9,10,11);2-3,6H,5H2,1H3,(H,7,8);1,3H2,(H,4,5)/t;;2-,3+;/m..1./s1. The highest BCUT2D eigenvalue weighted by Crippen LogP contribution is 2.20. The number of aliphatic hydroxyl groups excluding tert-OH is 1. The minimum atomic E-state index is -1.18. The summed E-state index contributed by atoms with van der Waals surface area (Å²) in [5.41, 5.74) is 15.1. The van der Waals surface area contributed by atoms with Gasteiger partial charge in [0.15, 0.2) is 5.65 Å². The first-order valence-corrected chi connectivity index (χ1v) is 9.35. The van der Waals surface area contributed by atoms with Gasteiger partial charge in [-0.2, -0.15) is 15.1 Å². The Kier molecular flexibility index (Phi) is 15.4. The zero-order valence-corrected chi connectivity index (χ0v) is 18.3. The van der Waals surface area contributed by atoms with Crippen molar-refractivity contribution in [2.75, 3.05) is 6.54 Å². The number of carboxylic acids is 3. The molecule has 0 saturated carbocycles. The predicted molar refractivity (Wildman–Crippen MR) is 114 cm³/mol. The SMILES string of the molecule is CCC(C)C(N)C(=O)O.C[C@@H](O)[C@H](N)C(=O)O.NCC(=O)O.Oc1nc(O)c2cn[nH]c2n1. The largest absolute Gasteiger partial charge is 0.493 e. The van der Waals surface area contributed by atoms with Crippen LogP contribution in [0, 0.1) is 5.92 Å². The summed E-state index contributed by atoms with van der Waals surface area (Å²) in [4.78, 5) is 36.2. The molecular weight excluding hydrogens is 446 g/mol. The number of rotatable bonds is 6. The molecule has 13 N–H and O–H groups in total. The van der Waals surface area contributed by atoms with Crippen LogP contribution in [-0.2, 0) is 14.4 Å². The molecule has 0 bridgehead atoms. The molecule has 0 amide bonds. The number of hydrogen-bond acceptors (Lipinski definition) is 12. The first kappa shape index (κ1) is 31.6. The van der Waals surface area contributed by atoms with Crippen molar-refractivity contribution in [3.63, 3.8) is 0 Å². The summed E-state index contributed by atoms with van der Waals surface area (Å²) in [6.45, 7) is 4.81. The van der Waals surface area contributed by atoms with E-state index in [1.54, 1.807) is 0 Å². The third kappa shape index (κ3) is 13.4. The van der Waals surface area contributed by atoms with E-state index >= 15 is 0 Å². The third-order valence-electron chi connectivity index (χ3n) is 3.80. The second-order valence-corrected chi connectivity index (χ2v) is 6.43. The van der Waals surface area contributed by atoms with Crippen LogP contribution in [0.2, 0.25) is 0 Å². The Labute approximate surface area is 188 Å². The zero-order chi connectivity index (χ0) is 26.3. The molecule has 0 saturated heterocycles. The monoisotopic (exact) mass is 477 g/mol. The first-order valence-electron chi connectivity index (χ1n) is 9.35. The quantitative estimate of drug-likeness (QED) is 0.215. The summed E-state index contributed by atoms with van der Waals surface area (Å²) >= 11 is 0. The second-order valence-electron chi connectivity index (χ2n) is 6.43. The van der Waals surface area contributed by atoms with E-state index < -0.39 is 42.1 Å². The van der Waals surface area contributed by atoms with E-state index in [-0.39, 0.29) is 18.3 Å². The Morgan fingerprint density at radius 1 is 1.03 bits per heavy atom. The van der Waals surface area contributed by atoms with Gasteiger partial charge in [0.05, 0.1) is 18.8 Å². The van der Waals surface area contributed by atoms with Gasteiger partial charge < -0.3 is 47.8 Å². The molecule has 0 radical (unpaired) electrons. The van der Waals surface area contributed by atoms with E-state index in [2.05, 4.69) is 25.9 Å². The molecule has 0 aromatic carbocycles. The van der Waals surface area contributed by atoms with E-state index in [4.69, 9.17) is 42.1 Å².